The number of urea groups is 1. The molecule has 6 nitrogen and oxygen atoms in total. The Bertz CT molecular complexity index is 561. The predicted molar refractivity (Wildman–Crippen MR) is 76.0 cm³/mol. The second-order valence-corrected chi connectivity index (χ2v) is 5.37. The van der Waals surface area contributed by atoms with Crippen LogP contribution in [-0.4, -0.2) is 40.1 Å². The lowest BCUT2D eigenvalue weighted by Crippen LogP contribution is -2.34. The number of carbonyl (C=O) groups is 1. The molecule has 0 unspecified atom stereocenters. The van der Waals surface area contributed by atoms with Crippen LogP contribution in [0.25, 0.3) is 0 Å². The van der Waals surface area contributed by atoms with E-state index in [1.807, 2.05) is 17.5 Å². The summed E-state index contributed by atoms with van der Waals surface area (Å²) >= 11 is 1.51. The van der Waals surface area contributed by atoms with Gasteiger partial charge < -0.3 is 9.64 Å². The number of aromatic nitrogens is 2. The third-order valence-corrected chi connectivity index (χ3v) is 3.80. The molecule has 0 bridgehead atoms. The summed E-state index contributed by atoms with van der Waals surface area (Å²) in [6.45, 7) is 1.25. The van der Waals surface area contributed by atoms with E-state index in [2.05, 4.69) is 15.3 Å². The number of rotatable bonds is 3. The van der Waals surface area contributed by atoms with Crippen molar-refractivity contribution in [2.45, 2.75) is 12.5 Å². The van der Waals surface area contributed by atoms with Crippen LogP contribution in [0.3, 0.4) is 0 Å². The van der Waals surface area contributed by atoms with Gasteiger partial charge in [0.15, 0.2) is 0 Å². The third-order valence-electron chi connectivity index (χ3n) is 3.01. The second-order valence-electron chi connectivity index (χ2n) is 4.43. The molecule has 1 aliphatic rings. The van der Waals surface area contributed by atoms with Gasteiger partial charge >= 0.3 is 6.03 Å². The summed E-state index contributed by atoms with van der Waals surface area (Å²) in [6.07, 6.45) is 5.54. The first-order chi connectivity index (χ1) is 9.81. The van der Waals surface area contributed by atoms with Crippen molar-refractivity contribution >= 4 is 22.4 Å². The lowest BCUT2D eigenvalue weighted by molar-refractivity contribution is 0.189. The van der Waals surface area contributed by atoms with Gasteiger partial charge in [-0.3, -0.25) is 10.3 Å². The fourth-order valence-corrected chi connectivity index (χ4v) is 2.67. The van der Waals surface area contributed by atoms with Crippen molar-refractivity contribution in [3.63, 3.8) is 0 Å². The molecule has 0 radical (unpaired) electrons. The maximum absolute atomic E-state index is 12.0. The molecule has 1 N–H and O–H groups in total. The Balaban J connectivity index is 1.53. The fraction of sp³-hybridized carbons (Fsp3) is 0.308. The molecule has 1 aliphatic heterocycles. The van der Waals surface area contributed by atoms with Crippen molar-refractivity contribution in [3.8, 4) is 5.88 Å². The average Bonchev–Trinajstić information content (AvgIpc) is 3.11. The van der Waals surface area contributed by atoms with Gasteiger partial charge in [0.2, 0.25) is 5.88 Å². The molecule has 1 atom stereocenters. The van der Waals surface area contributed by atoms with E-state index in [1.165, 1.54) is 11.3 Å². The second kappa shape index (κ2) is 5.87. The predicted octanol–water partition coefficient (Wildman–Crippen LogP) is 2.22. The van der Waals surface area contributed by atoms with Crippen LogP contribution in [0.2, 0.25) is 0 Å². The van der Waals surface area contributed by atoms with Gasteiger partial charge in [-0.25, -0.2) is 9.78 Å². The molecule has 0 saturated carbocycles. The molecule has 1 fully saturated rings. The third kappa shape index (κ3) is 3.05. The van der Waals surface area contributed by atoms with E-state index >= 15 is 0 Å². The van der Waals surface area contributed by atoms with E-state index in [0.717, 1.165) is 11.4 Å². The molecule has 1 saturated heterocycles. The van der Waals surface area contributed by atoms with Crippen molar-refractivity contribution in [2.75, 3.05) is 18.4 Å². The standard InChI is InChI=1S/C13H14N4O2S/c18-13(16-12-2-1-7-20-12)17-6-3-10(9-17)19-11-8-14-4-5-15-11/h1-2,4-5,7-8,10H,3,6,9H2,(H,16,18)/t10-/m0/s1. The molecule has 3 rings (SSSR count). The van der Waals surface area contributed by atoms with Gasteiger partial charge in [-0.1, -0.05) is 0 Å². The first kappa shape index (κ1) is 12.9. The van der Waals surface area contributed by atoms with Crippen LogP contribution >= 0.6 is 11.3 Å². The molecular formula is C13H14N4O2S. The van der Waals surface area contributed by atoms with Gasteiger partial charge in [0, 0.05) is 25.4 Å². The highest BCUT2D eigenvalue weighted by molar-refractivity contribution is 7.14. The Kier molecular flexibility index (Phi) is 3.78. The Morgan fingerprint density at radius 2 is 2.45 bits per heavy atom. The van der Waals surface area contributed by atoms with E-state index in [4.69, 9.17) is 4.74 Å². The van der Waals surface area contributed by atoms with Gasteiger partial charge in [0.05, 0.1) is 17.7 Å². The van der Waals surface area contributed by atoms with Crippen LogP contribution < -0.4 is 10.1 Å². The van der Waals surface area contributed by atoms with Crippen molar-refractivity contribution in [1.82, 2.24) is 14.9 Å². The zero-order valence-electron chi connectivity index (χ0n) is 10.7. The lowest BCUT2D eigenvalue weighted by Gasteiger charge is -2.16. The highest BCUT2D eigenvalue weighted by Crippen LogP contribution is 2.19. The summed E-state index contributed by atoms with van der Waals surface area (Å²) in [4.78, 5) is 21.8. The van der Waals surface area contributed by atoms with Crippen LogP contribution in [0.5, 0.6) is 5.88 Å². The zero-order valence-corrected chi connectivity index (χ0v) is 11.5. The number of thiophene rings is 1. The molecule has 2 aromatic heterocycles. The number of anilines is 1. The SMILES string of the molecule is O=C(Nc1cccs1)N1CC[C@H](Oc2cnccn2)C1. The van der Waals surface area contributed by atoms with Crippen molar-refractivity contribution in [3.05, 3.63) is 36.1 Å². The normalized spacial score (nSPS) is 18.0. The topological polar surface area (TPSA) is 67.4 Å². The van der Waals surface area contributed by atoms with Crippen LogP contribution in [-0.2, 0) is 0 Å². The van der Waals surface area contributed by atoms with E-state index in [9.17, 15) is 4.79 Å². The molecule has 0 aromatic carbocycles. The number of carbonyl (C=O) groups excluding carboxylic acids is 1. The van der Waals surface area contributed by atoms with E-state index in [0.29, 0.717) is 19.0 Å². The number of nitrogens with zero attached hydrogens (tertiary/aromatic N) is 3. The monoisotopic (exact) mass is 290 g/mol. The lowest BCUT2D eigenvalue weighted by atomic mass is 10.3. The van der Waals surface area contributed by atoms with Crippen LogP contribution in [0, 0.1) is 0 Å². The van der Waals surface area contributed by atoms with Crippen molar-refractivity contribution in [1.29, 1.82) is 0 Å². The number of ether oxygens (including phenoxy) is 1. The van der Waals surface area contributed by atoms with Crippen LogP contribution in [0.4, 0.5) is 9.80 Å². The molecular weight excluding hydrogens is 276 g/mol. The molecule has 7 heteroatoms. The summed E-state index contributed by atoms with van der Waals surface area (Å²) < 4.78 is 5.70. The first-order valence-corrected chi connectivity index (χ1v) is 7.21. The summed E-state index contributed by atoms with van der Waals surface area (Å²) in [5, 5.41) is 5.66. The number of hydrogen-bond acceptors (Lipinski definition) is 5. The molecule has 2 aromatic rings. The highest BCUT2D eigenvalue weighted by atomic mass is 32.1. The maximum atomic E-state index is 12.0. The number of amides is 2. The van der Waals surface area contributed by atoms with Crippen molar-refractivity contribution < 1.29 is 9.53 Å². The molecule has 20 heavy (non-hydrogen) atoms. The van der Waals surface area contributed by atoms with Crippen LogP contribution in [0.15, 0.2) is 36.1 Å². The van der Waals surface area contributed by atoms with Gasteiger partial charge in [-0.15, -0.1) is 11.3 Å². The van der Waals surface area contributed by atoms with Crippen molar-refractivity contribution in [2.24, 2.45) is 0 Å². The first-order valence-electron chi connectivity index (χ1n) is 6.33. The van der Waals surface area contributed by atoms with E-state index in [-0.39, 0.29) is 12.1 Å². The smallest absolute Gasteiger partial charge is 0.322 e. The maximum Gasteiger partial charge on any atom is 0.322 e. The number of hydrogen-bond donors (Lipinski definition) is 1. The minimum Gasteiger partial charge on any atom is -0.471 e. The van der Waals surface area contributed by atoms with Crippen LogP contribution in [0.1, 0.15) is 6.42 Å². The Morgan fingerprint density at radius 3 is 3.20 bits per heavy atom. The fourth-order valence-electron chi connectivity index (χ4n) is 2.06. The molecule has 3 heterocycles. The summed E-state index contributed by atoms with van der Waals surface area (Å²) in [5.41, 5.74) is 0. The highest BCUT2D eigenvalue weighted by Gasteiger charge is 2.28. The Hall–Kier alpha value is -2.15. The summed E-state index contributed by atoms with van der Waals surface area (Å²) in [5.74, 6) is 0.498. The number of likely N-dealkylation sites (tertiary alicyclic amines) is 1. The average molecular weight is 290 g/mol. The molecule has 104 valence electrons. The van der Waals surface area contributed by atoms with Gasteiger partial charge in [0.25, 0.3) is 0 Å². The zero-order chi connectivity index (χ0) is 13.8. The quantitative estimate of drug-likeness (QED) is 0.941. The molecule has 0 aliphatic carbocycles. The molecule has 0 spiro atoms. The summed E-state index contributed by atoms with van der Waals surface area (Å²) in [7, 11) is 0. The largest absolute Gasteiger partial charge is 0.471 e. The Labute approximate surface area is 120 Å². The van der Waals surface area contributed by atoms with E-state index < -0.39 is 0 Å². The van der Waals surface area contributed by atoms with Gasteiger partial charge in [-0.05, 0) is 17.5 Å². The van der Waals surface area contributed by atoms with E-state index in [1.54, 1.807) is 23.5 Å². The Morgan fingerprint density at radius 1 is 1.50 bits per heavy atom. The minimum atomic E-state index is -0.0855. The number of nitrogens with one attached hydrogen (secondary N) is 1. The minimum absolute atomic E-state index is 0.0271. The van der Waals surface area contributed by atoms with Gasteiger partial charge in [0.1, 0.15) is 6.10 Å². The molecule has 2 amide bonds. The van der Waals surface area contributed by atoms with Gasteiger partial charge in [-0.2, -0.15) is 0 Å². The summed E-state index contributed by atoms with van der Waals surface area (Å²) in [6, 6.07) is 3.70.